The Kier molecular flexibility index (Phi) is 3.88. The normalized spacial score (nSPS) is 30.7. The maximum atomic E-state index is 11.9. The summed E-state index contributed by atoms with van der Waals surface area (Å²) < 4.78 is 12.1. The lowest BCUT2D eigenvalue weighted by molar-refractivity contribution is -0.0560. The molecular formula is C12H19N3O4. The van der Waals surface area contributed by atoms with Crippen molar-refractivity contribution in [3.8, 4) is 0 Å². The molecule has 1 aliphatic rings. The molecule has 0 aliphatic carbocycles. The second-order valence-electron chi connectivity index (χ2n) is 4.87. The average molecular weight is 269 g/mol. The Morgan fingerprint density at radius 1 is 1.63 bits per heavy atom. The molecule has 106 valence electrons. The van der Waals surface area contributed by atoms with E-state index in [9.17, 15) is 9.90 Å². The van der Waals surface area contributed by atoms with Crippen LogP contribution in [0.4, 0.5) is 5.82 Å². The summed E-state index contributed by atoms with van der Waals surface area (Å²) in [6, 6.07) is 0. The standard InChI is InChI=1S/C12H19N3O4/c1-6-4-15(12(17)14-10(6)13)11-7(2)9(16)8(19-11)5-18-3/h4,7-9,11,16H,5H2,1-3H3,(H2,13,14,17). The predicted molar refractivity (Wildman–Crippen MR) is 68.6 cm³/mol. The third-order valence-electron chi connectivity index (χ3n) is 3.46. The largest absolute Gasteiger partial charge is 0.390 e. The molecule has 0 amide bonds. The molecule has 2 heterocycles. The molecule has 7 heteroatoms. The van der Waals surface area contributed by atoms with Gasteiger partial charge in [0.1, 0.15) is 18.1 Å². The number of aliphatic hydroxyl groups excluding tert-OH is 1. The van der Waals surface area contributed by atoms with Crippen LogP contribution in [0, 0.1) is 12.8 Å². The van der Waals surface area contributed by atoms with Gasteiger partial charge in [0.15, 0.2) is 0 Å². The number of rotatable bonds is 3. The number of hydrogen-bond donors (Lipinski definition) is 2. The van der Waals surface area contributed by atoms with E-state index >= 15 is 0 Å². The number of ether oxygens (including phenoxy) is 2. The van der Waals surface area contributed by atoms with Crippen LogP contribution in [0.25, 0.3) is 0 Å². The van der Waals surface area contributed by atoms with Crippen molar-refractivity contribution in [2.45, 2.75) is 32.3 Å². The van der Waals surface area contributed by atoms with E-state index in [1.807, 2.05) is 6.92 Å². The number of aliphatic hydroxyl groups is 1. The van der Waals surface area contributed by atoms with Crippen molar-refractivity contribution in [2.24, 2.45) is 5.92 Å². The first kappa shape index (κ1) is 14.0. The number of methoxy groups -OCH3 is 1. The van der Waals surface area contributed by atoms with E-state index in [1.165, 1.54) is 11.7 Å². The van der Waals surface area contributed by atoms with E-state index in [4.69, 9.17) is 15.2 Å². The molecule has 4 unspecified atom stereocenters. The zero-order valence-corrected chi connectivity index (χ0v) is 11.2. The second-order valence-corrected chi connectivity index (χ2v) is 4.87. The summed E-state index contributed by atoms with van der Waals surface area (Å²) in [7, 11) is 1.54. The monoisotopic (exact) mass is 269 g/mol. The molecule has 1 aromatic rings. The third kappa shape index (κ3) is 2.49. The SMILES string of the molecule is COCC1OC(n2cc(C)c(N)nc2=O)C(C)C1O. The molecule has 0 spiro atoms. The van der Waals surface area contributed by atoms with Gasteiger partial charge in [0, 0.05) is 24.8 Å². The molecule has 0 radical (unpaired) electrons. The van der Waals surface area contributed by atoms with Crippen LogP contribution in [0.2, 0.25) is 0 Å². The van der Waals surface area contributed by atoms with Gasteiger partial charge >= 0.3 is 5.69 Å². The van der Waals surface area contributed by atoms with Crippen LogP contribution in [-0.2, 0) is 9.47 Å². The van der Waals surface area contributed by atoms with Gasteiger partial charge in [-0.25, -0.2) is 4.79 Å². The van der Waals surface area contributed by atoms with E-state index in [2.05, 4.69) is 4.98 Å². The minimum absolute atomic E-state index is 0.209. The number of nitrogen functional groups attached to an aromatic ring is 1. The molecule has 2 rings (SSSR count). The summed E-state index contributed by atoms with van der Waals surface area (Å²) in [6.45, 7) is 3.86. The Labute approximate surface area is 111 Å². The molecule has 7 nitrogen and oxygen atoms in total. The van der Waals surface area contributed by atoms with Crippen LogP contribution in [0.5, 0.6) is 0 Å². The molecule has 0 aromatic carbocycles. The van der Waals surface area contributed by atoms with Crippen LogP contribution in [0.1, 0.15) is 18.7 Å². The summed E-state index contributed by atoms with van der Waals surface area (Å²) in [5.74, 6) is -0.0245. The zero-order valence-electron chi connectivity index (χ0n) is 11.2. The van der Waals surface area contributed by atoms with Crippen molar-refractivity contribution in [3.63, 3.8) is 0 Å². The average Bonchev–Trinajstić information content (AvgIpc) is 2.63. The van der Waals surface area contributed by atoms with Crippen molar-refractivity contribution in [2.75, 3.05) is 19.5 Å². The van der Waals surface area contributed by atoms with E-state index in [0.717, 1.165) is 0 Å². The molecular weight excluding hydrogens is 250 g/mol. The van der Waals surface area contributed by atoms with Gasteiger partial charge in [-0.2, -0.15) is 4.98 Å². The first-order chi connectivity index (χ1) is 8.95. The van der Waals surface area contributed by atoms with Crippen molar-refractivity contribution < 1.29 is 14.6 Å². The molecule has 0 bridgehead atoms. The zero-order chi connectivity index (χ0) is 14.2. The first-order valence-electron chi connectivity index (χ1n) is 6.13. The third-order valence-corrected chi connectivity index (χ3v) is 3.46. The number of nitrogens with zero attached hydrogens (tertiary/aromatic N) is 2. The Hall–Kier alpha value is -1.44. The highest BCUT2D eigenvalue weighted by Crippen LogP contribution is 2.33. The van der Waals surface area contributed by atoms with E-state index in [-0.39, 0.29) is 18.3 Å². The summed E-state index contributed by atoms with van der Waals surface area (Å²) >= 11 is 0. The molecule has 1 aromatic heterocycles. The number of aryl methyl sites for hydroxylation is 1. The van der Waals surface area contributed by atoms with Gasteiger partial charge in [-0.15, -0.1) is 0 Å². The van der Waals surface area contributed by atoms with Crippen molar-refractivity contribution >= 4 is 5.82 Å². The van der Waals surface area contributed by atoms with Crippen LogP contribution in [-0.4, -0.2) is 40.6 Å². The minimum Gasteiger partial charge on any atom is -0.390 e. The van der Waals surface area contributed by atoms with Gasteiger partial charge in [-0.3, -0.25) is 4.57 Å². The van der Waals surface area contributed by atoms with Crippen LogP contribution < -0.4 is 11.4 Å². The highest BCUT2D eigenvalue weighted by Gasteiger charge is 2.42. The highest BCUT2D eigenvalue weighted by atomic mass is 16.6. The van der Waals surface area contributed by atoms with Gasteiger partial charge < -0.3 is 20.3 Å². The summed E-state index contributed by atoms with van der Waals surface area (Å²) in [4.78, 5) is 15.6. The molecule has 1 aliphatic heterocycles. The first-order valence-corrected chi connectivity index (χ1v) is 6.13. The summed E-state index contributed by atoms with van der Waals surface area (Å²) in [6.07, 6.45) is -0.0905. The van der Waals surface area contributed by atoms with E-state index in [1.54, 1.807) is 13.1 Å². The lowest BCUT2D eigenvalue weighted by Gasteiger charge is -2.18. The van der Waals surface area contributed by atoms with Crippen LogP contribution in [0.15, 0.2) is 11.0 Å². The van der Waals surface area contributed by atoms with Gasteiger partial charge in [-0.1, -0.05) is 6.92 Å². The van der Waals surface area contributed by atoms with Crippen LogP contribution in [0.3, 0.4) is 0 Å². The topological polar surface area (TPSA) is 99.6 Å². The van der Waals surface area contributed by atoms with Crippen molar-refractivity contribution in [3.05, 3.63) is 22.2 Å². The Morgan fingerprint density at radius 2 is 2.32 bits per heavy atom. The van der Waals surface area contributed by atoms with E-state index < -0.39 is 24.1 Å². The number of anilines is 1. The van der Waals surface area contributed by atoms with Crippen LogP contribution >= 0.6 is 0 Å². The molecule has 3 N–H and O–H groups in total. The Morgan fingerprint density at radius 3 is 2.95 bits per heavy atom. The lowest BCUT2D eigenvalue weighted by atomic mass is 10.0. The van der Waals surface area contributed by atoms with Gasteiger partial charge in [0.25, 0.3) is 0 Å². The van der Waals surface area contributed by atoms with E-state index in [0.29, 0.717) is 5.56 Å². The van der Waals surface area contributed by atoms with Gasteiger partial charge in [0.05, 0.1) is 12.7 Å². The minimum atomic E-state index is -0.685. The van der Waals surface area contributed by atoms with Gasteiger partial charge in [-0.05, 0) is 6.92 Å². The molecule has 19 heavy (non-hydrogen) atoms. The lowest BCUT2D eigenvalue weighted by Crippen LogP contribution is -2.31. The maximum Gasteiger partial charge on any atom is 0.351 e. The van der Waals surface area contributed by atoms with Crippen molar-refractivity contribution in [1.82, 2.24) is 9.55 Å². The Balaban J connectivity index is 2.33. The molecule has 1 saturated heterocycles. The molecule has 4 atom stereocenters. The number of hydrogen-bond acceptors (Lipinski definition) is 6. The number of nitrogens with two attached hydrogens (primary N) is 1. The summed E-state index contributed by atoms with van der Waals surface area (Å²) in [5.41, 5.74) is 5.80. The molecule has 0 saturated carbocycles. The smallest absolute Gasteiger partial charge is 0.351 e. The fourth-order valence-electron chi connectivity index (χ4n) is 2.27. The van der Waals surface area contributed by atoms with Gasteiger partial charge in [0.2, 0.25) is 0 Å². The fourth-order valence-corrected chi connectivity index (χ4v) is 2.27. The van der Waals surface area contributed by atoms with Crippen molar-refractivity contribution in [1.29, 1.82) is 0 Å². The second kappa shape index (κ2) is 5.28. The Bertz CT molecular complexity index is 516. The predicted octanol–water partition coefficient (Wildman–Crippen LogP) is -0.325. The summed E-state index contributed by atoms with van der Waals surface area (Å²) in [5, 5.41) is 10.1. The highest BCUT2D eigenvalue weighted by molar-refractivity contribution is 5.35. The number of aromatic nitrogens is 2. The quantitative estimate of drug-likeness (QED) is 0.779. The fraction of sp³-hybridized carbons (Fsp3) is 0.667. The molecule has 1 fully saturated rings. The maximum absolute atomic E-state index is 11.9.